The zero-order chi connectivity index (χ0) is 9.80. The molecule has 2 rings (SSSR count). The first-order chi connectivity index (χ1) is 6.84. The van der Waals surface area contributed by atoms with E-state index in [4.69, 9.17) is 0 Å². The lowest BCUT2D eigenvalue weighted by Gasteiger charge is -1.90. The van der Waals surface area contributed by atoms with E-state index >= 15 is 0 Å². The summed E-state index contributed by atoms with van der Waals surface area (Å²) in [5.41, 5.74) is 4.68. The number of rotatable bonds is 3. The van der Waals surface area contributed by atoms with Gasteiger partial charge in [0.1, 0.15) is 0 Å². The highest BCUT2D eigenvalue weighted by Crippen LogP contribution is 2.13. The standard InChI is InChI=1S/C8H9N5S/c1-6-5-14-8(11-6)13-10-4-7-2-3-9-12-7/h2-5H,1H3,(H,9,12)(H,11,13). The third-order valence-electron chi connectivity index (χ3n) is 1.51. The Morgan fingerprint density at radius 3 is 3.21 bits per heavy atom. The molecule has 0 unspecified atom stereocenters. The number of hydrazone groups is 1. The van der Waals surface area contributed by atoms with Gasteiger partial charge in [-0.3, -0.25) is 10.5 Å². The average molecular weight is 207 g/mol. The number of thiazole rings is 1. The van der Waals surface area contributed by atoms with Gasteiger partial charge < -0.3 is 0 Å². The molecule has 2 aromatic rings. The van der Waals surface area contributed by atoms with Gasteiger partial charge >= 0.3 is 0 Å². The summed E-state index contributed by atoms with van der Waals surface area (Å²) in [5, 5.41) is 13.3. The number of aromatic nitrogens is 3. The summed E-state index contributed by atoms with van der Waals surface area (Å²) in [6, 6.07) is 1.83. The number of aromatic amines is 1. The molecule has 2 aromatic heterocycles. The maximum absolute atomic E-state index is 4.20. The largest absolute Gasteiger partial charge is 0.277 e. The van der Waals surface area contributed by atoms with Crippen LogP contribution in [0.15, 0.2) is 22.7 Å². The fourth-order valence-corrected chi connectivity index (χ4v) is 1.54. The molecule has 0 aliphatic rings. The predicted octanol–water partition coefficient (Wildman–Crippen LogP) is 1.62. The lowest BCUT2D eigenvalue weighted by molar-refractivity contribution is 1.08. The van der Waals surface area contributed by atoms with Crippen molar-refractivity contribution in [2.75, 3.05) is 5.43 Å². The molecule has 0 radical (unpaired) electrons. The van der Waals surface area contributed by atoms with Crippen molar-refractivity contribution in [2.45, 2.75) is 6.92 Å². The van der Waals surface area contributed by atoms with Crippen LogP contribution in [0, 0.1) is 6.92 Å². The minimum atomic E-state index is 0.790. The normalized spacial score (nSPS) is 10.9. The van der Waals surface area contributed by atoms with E-state index in [1.807, 2.05) is 18.4 Å². The van der Waals surface area contributed by atoms with E-state index in [-0.39, 0.29) is 0 Å². The Balaban J connectivity index is 1.94. The summed E-state index contributed by atoms with van der Waals surface area (Å²) < 4.78 is 0. The van der Waals surface area contributed by atoms with Crippen LogP contribution in [0.1, 0.15) is 11.4 Å². The van der Waals surface area contributed by atoms with E-state index in [0.29, 0.717) is 0 Å². The lowest BCUT2D eigenvalue weighted by atomic mass is 10.5. The van der Waals surface area contributed by atoms with Crippen LogP contribution in [0.25, 0.3) is 0 Å². The molecule has 0 aromatic carbocycles. The highest BCUT2D eigenvalue weighted by molar-refractivity contribution is 7.13. The summed E-state index contributed by atoms with van der Waals surface area (Å²) in [6.45, 7) is 1.94. The molecular weight excluding hydrogens is 198 g/mol. The fourth-order valence-electron chi connectivity index (χ4n) is 0.901. The maximum atomic E-state index is 4.20. The Hall–Kier alpha value is -1.69. The number of nitrogens with one attached hydrogen (secondary N) is 2. The monoisotopic (exact) mass is 207 g/mol. The highest BCUT2D eigenvalue weighted by atomic mass is 32.1. The number of anilines is 1. The van der Waals surface area contributed by atoms with Crippen molar-refractivity contribution in [1.29, 1.82) is 0 Å². The van der Waals surface area contributed by atoms with E-state index in [2.05, 4.69) is 25.7 Å². The second-order valence-electron chi connectivity index (χ2n) is 2.68. The van der Waals surface area contributed by atoms with Crippen LogP contribution in [0.5, 0.6) is 0 Å². The predicted molar refractivity (Wildman–Crippen MR) is 56.7 cm³/mol. The van der Waals surface area contributed by atoms with Crippen molar-refractivity contribution in [3.8, 4) is 0 Å². The van der Waals surface area contributed by atoms with Crippen LogP contribution in [0.3, 0.4) is 0 Å². The lowest BCUT2D eigenvalue weighted by Crippen LogP contribution is -1.90. The van der Waals surface area contributed by atoms with Crippen molar-refractivity contribution in [1.82, 2.24) is 15.2 Å². The SMILES string of the molecule is Cc1csc(NN=Cc2ccn[nH]2)n1. The highest BCUT2D eigenvalue weighted by Gasteiger charge is 1.94. The molecular formula is C8H9N5S. The van der Waals surface area contributed by atoms with Gasteiger partial charge in [0.2, 0.25) is 5.13 Å². The molecule has 0 aliphatic heterocycles. The van der Waals surface area contributed by atoms with E-state index in [0.717, 1.165) is 16.5 Å². The summed E-state index contributed by atoms with van der Waals surface area (Å²) in [5.74, 6) is 0. The molecule has 72 valence electrons. The van der Waals surface area contributed by atoms with Gasteiger partial charge in [0.15, 0.2) is 0 Å². The summed E-state index contributed by atoms with van der Waals surface area (Å²) >= 11 is 1.52. The molecule has 14 heavy (non-hydrogen) atoms. The number of aryl methyl sites for hydroxylation is 1. The maximum Gasteiger partial charge on any atom is 0.203 e. The van der Waals surface area contributed by atoms with Crippen LogP contribution in [0.4, 0.5) is 5.13 Å². The third-order valence-corrected chi connectivity index (χ3v) is 2.37. The van der Waals surface area contributed by atoms with Crippen molar-refractivity contribution < 1.29 is 0 Å². The number of H-pyrrole nitrogens is 1. The number of hydrogen-bond donors (Lipinski definition) is 2. The number of nitrogens with zero attached hydrogens (tertiary/aromatic N) is 3. The van der Waals surface area contributed by atoms with Crippen LogP contribution >= 0.6 is 11.3 Å². The van der Waals surface area contributed by atoms with Crippen LogP contribution in [0.2, 0.25) is 0 Å². The molecule has 2 N–H and O–H groups in total. The summed E-state index contributed by atoms with van der Waals surface area (Å²) in [7, 11) is 0. The molecule has 0 spiro atoms. The van der Waals surface area contributed by atoms with Crippen LogP contribution in [-0.2, 0) is 0 Å². The van der Waals surface area contributed by atoms with Crippen molar-refractivity contribution in [3.63, 3.8) is 0 Å². The number of hydrogen-bond acceptors (Lipinski definition) is 5. The molecule has 6 heteroatoms. The Morgan fingerprint density at radius 1 is 1.64 bits per heavy atom. The van der Waals surface area contributed by atoms with Crippen molar-refractivity contribution in [3.05, 3.63) is 29.0 Å². The van der Waals surface area contributed by atoms with E-state index in [1.165, 1.54) is 11.3 Å². The van der Waals surface area contributed by atoms with Gasteiger partial charge in [-0.1, -0.05) is 0 Å². The Labute approximate surface area is 84.9 Å². The second kappa shape index (κ2) is 4.01. The van der Waals surface area contributed by atoms with Gasteiger partial charge in [0, 0.05) is 11.6 Å². The molecule has 0 saturated heterocycles. The molecule has 0 bridgehead atoms. The molecule has 0 saturated carbocycles. The van der Waals surface area contributed by atoms with Gasteiger partial charge in [-0.15, -0.1) is 11.3 Å². The average Bonchev–Trinajstić information content (AvgIpc) is 2.77. The van der Waals surface area contributed by atoms with Gasteiger partial charge in [0.25, 0.3) is 0 Å². The first-order valence-corrected chi connectivity index (χ1v) is 4.93. The third kappa shape index (κ3) is 2.17. The Kier molecular flexibility index (Phi) is 2.55. The topological polar surface area (TPSA) is 66.0 Å². The first kappa shape index (κ1) is 8.89. The van der Waals surface area contributed by atoms with Gasteiger partial charge in [-0.2, -0.15) is 10.2 Å². The van der Waals surface area contributed by atoms with Crippen molar-refractivity contribution >= 4 is 22.7 Å². The van der Waals surface area contributed by atoms with Gasteiger partial charge in [-0.25, -0.2) is 4.98 Å². The molecule has 0 atom stereocenters. The minimum Gasteiger partial charge on any atom is -0.277 e. The fraction of sp³-hybridized carbons (Fsp3) is 0.125. The quantitative estimate of drug-likeness (QED) is 0.593. The molecule has 0 fully saturated rings. The van der Waals surface area contributed by atoms with Crippen LogP contribution in [-0.4, -0.2) is 21.4 Å². The Bertz CT molecular complexity index is 417. The smallest absolute Gasteiger partial charge is 0.203 e. The second-order valence-corrected chi connectivity index (χ2v) is 3.53. The zero-order valence-corrected chi connectivity index (χ0v) is 8.38. The Morgan fingerprint density at radius 2 is 2.57 bits per heavy atom. The zero-order valence-electron chi connectivity index (χ0n) is 7.56. The first-order valence-electron chi connectivity index (χ1n) is 4.05. The van der Waals surface area contributed by atoms with Crippen LogP contribution < -0.4 is 5.43 Å². The summed E-state index contributed by atoms with van der Waals surface area (Å²) in [6.07, 6.45) is 3.33. The van der Waals surface area contributed by atoms with E-state index in [9.17, 15) is 0 Å². The van der Waals surface area contributed by atoms with Gasteiger partial charge in [0.05, 0.1) is 17.6 Å². The van der Waals surface area contributed by atoms with Crippen molar-refractivity contribution in [2.24, 2.45) is 5.10 Å². The molecule has 5 nitrogen and oxygen atoms in total. The molecule has 0 aliphatic carbocycles. The summed E-state index contributed by atoms with van der Waals surface area (Å²) in [4.78, 5) is 4.20. The minimum absolute atomic E-state index is 0.790. The molecule has 2 heterocycles. The van der Waals surface area contributed by atoms with E-state index in [1.54, 1.807) is 12.4 Å². The van der Waals surface area contributed by atoms with Gasteiger partial charge in [-0.05, 0) is 13.0 Å². The molecule has 0 amide bonds. The van der Waals surface area contributed by atoms with E-state index < -0.39 is 0 Å².